The third kappa shape index (κ3) is 1.74. The fraction of sp³-hybridized carbons (Fsp3) is 0. The van der Waals surface area contributed by atoms with Gasteiger partial charge < -0.3 is 0 Å². The van der Waals surface area contributed by atoms with E-state index in [1.807, 2.05) is 0 Å². The zero-order valence-electron chi connectivity index (χ0n) is 7.34. The predicted molar refractivity (Wildman–Crippen MR) is 89.1 cm³/mol. The minimum atomic E-state index is 0.923. The van der Waals surface area contributed by atoms with Crippen molar-refractivity contribution in [1.82, 2.24) is 0 Å². The molecule has 2 aromatic heterocycles. The van der Waals surface area contributed by atoms with Crippen LogP contribution in [-0.2, 0) is 0 Å². The van der Waals surface area contributed by atoms with Crippen molar-refractivity contribution in [3.05, 3.63) is 6.28 Å². The van der Waals surface area contributed by atoms with E-state index in [4.69, 9.17) is 24.4 Å². The summed E-state index contributed by atoms with van der Waals surface area (Å²) in [6, 6.07) is 0. The lowest BCUT2D eigenvalue weighted by Crippen LogP contribution is -1.72. The first-order chi connectivity index (χ1) is 7.58. The zero-order valence-corrected chi connectivity index (χ0v) is 14.0. The molecule has 0 aliphatic carbocycles. The molecule has 0 fully saturated rings. The van der Waals surface area contributed by atoms with E-state index >= 15 is 0 Å². The van der Waals surface area contributed by atoms with Crippen LogP contribution in [0.4, 0.5) is 0 Å². The lowest BCUT2D eigenvalue weighted by atomic mass is 10.3. The molecule has 0 saturated carbocycles. The topological polar surface area (TPSA) is 0 Å². The molecule has 16 heavy (non-hydrogen) atoms. The molecule has 0 amide bonds. The maximum atomic E-state index is 5.25. The molecular formula is C8H2S8. The lowest BCUT2D eigenvalue weighted by molar-refractivity contribution is 1.42. The highest BCUT2D eigenvalue weighted by Crippen LogP contribution is 2.46. The SMILES string of the molecule is S=c1sc2c(S)c(S)c3sc(=S)sc3c2s1. The number of hydrogen-bond donors (Lipinski definition) is 2. The Labute approximate surface area is 128 Å². The molecular weight excluding hydrogens is 353 g/mol. The number of hydrogen-bond acceptors (Lipinski definition) is 8. The van der Waals surface area contributed by atoms with Crippen molar-refractivity contribution >= 4 is 114 Å². The smallest absolute Gasteiger partial charge is 0.141 e. The van der Waals surface area contributed by atoms with Crippen molar-refractivity contribution < 1.29 is 0 Å². The second-order valence-corrected chi connectivity index (χ2v) is 10.3. The summed E-state index contributed by atoms with van der Waals surface area (Å²) in [5, 5.41) is 0. The Bertz CT molecular complexity index is 741. The molecule has 82 valence electrons. The fourth-order valence-electron chi connectivity index (χ4n) is 1.39. The van der Waals surface area contributed by atoms with Crippen molar-refractivity contribution in [2.24, 2.45) is 0 Å². The first-order valence-electron chi connectivity index (χ1n) is 3.99. The second-order valence-electron chi connectivity index (χ2n) is 2.92. The first-order valence-corrected chi connectivity index (χ1v) is 8.97. The Morgan fingerprint density at radius 1 is 0.625 bits per heavy atom. The highest BCUT2D eigenvalue weighted by molar-refractivity contribution is 7.84. The van der Waals surface area contributed by atoms with E-state index in [2.05, 4.69) is 25.3 Å². The van der Waals surface area contributed by atoms with Crippen LogP contribution in [0.25, 0.3) is 18.8 Å². The molecule has 8 heteroatoms. The predicted octanol–water partition coefficient (Wildman–Crippen LogP) is 6.28. The van der Waals surface area contributed by atoms with Gasteiger partial charge >= 0.3 is 0 Å². The van der Waals surface area contributed by atoms with Gasteiger partial charge in [0.25, 0.3) is 0 Å². The van der Waals surface area contributed by atoms with Gasteiger partial charge in [-0.2, -0.15) is 0 Å². The van der Waals surface area contributed by atoms with Crippen molar-refractivity contribution in [2.75, 3.05) is 0 Å². The number of fused-ring (bicyclic) bond motifs is 3. The van der Waals surface area contributed by atoms with E-state index in [-0.39, 0.29) is 0 Å². The quantitative estimate of drug-likeness (QED) is 0.360. The summed E-state index contributed by atoms with van der Waals surface area (Å²) in [4.78, 5) is 1.85. The molecule has 0 unspecified atom stereocenters. The van der Waals surface area contributed by atoms with Crippen molar-refractivity contribution in [3.63, 3.8) is 0 Å². The molecule has 0 saturated heterocycles. The maximum Gasteiger partial charge on any atom is 0.144 e. The van der Waals surface area contributed by atoms with Crippen LogP contribution in [0.5, 0.6) is 0 Å². The van der Waals surface area contributed by atoms with Gasteiger partial charge in [-0.05, 0) is 0 Å². The molecule has 3 rings (SSSR count). The average molecular weight is 355 g/mol. The van der Waals surface area contributed by atoms with Gasteiger partial charge in [0, 0.05) is 9.79 Å². The van der Waals surface area contributed by atoms with Crippen LogP contribution in [0, 0.1) is 6.28 Å². The molecule has 0 aliphatic heterocycles. The third-order valence-corrected chi connectivity index (χ3v) is 8.89. The Balaban J connectivity index is 2.77. The van der Waals surface area contributed by atoms with Gasteiger partial charge in [0.2, 0.25) is 0 Å². The van der Waals surface area contributed by atoms with E-state index in [1.54, 1.807) is 45.3 Å². The highest BCUT2D eigenvalue weighted by atomic mass is 32.2. The summed E-state index contributed by atoms with van der Waals surface area (Å²) in [5.41, 5.74) is 0. The molecule has 0 radical (unpaired) electrons. The van der Waals surface area contributed by atoms with Gasteiger partial charge in [-0.15, -0.1) is 70.6 Å². The van der Waals surface area contributed by atoms with Crippen LogP contribution in [0.2, 0.25) is 0 Å². The number of benzene rings is 1. The Kier molecular flexibility index (Phi) is 3.21. The van der Waals surface area contributed by atoms with E-state index in [0.29, 0.717) is 0 Å². The van der Waals surface area contributed by atoms with Crippen LogP contribution >= 0.6 is 95.0 Å². The van der Waals surface area contributed by atoms with Crippen LogP contribution in [0.3, 0.4) is 0 Å². The summed E-state index contributed by atoms with van der Waals surface area (Å²) in [6.45, 7) is 0. The second kappa shape index (κ2) is 4.27. The summed E-state index contributed by atoms with van der Waals surface area (Å²) in [6.07, 6.45) is 0. The van der Waals surface area contributed by atoms with Crippen molar-refractivity contribution in [2.45, 2.75) is 9.79 Å². The first kappa shape index (κ1) is 12.0. The number of rotatable bonds is 0. The minimum Gasteiger partial charge on any atom is -0.141 e. The van der Waals surface area contributed by atoms with Crippen LogP contribution in [0.1, 0.15) is 0 Å². The van der Waals surface area contributed by atoms with Gasteiger partial charge in [0.1, 0.15) is 6.28 Å². The maximum absolute atomic E-state index is 5.25. The molecule has 0 bridgehead atoms. The standard InChI is InChI=1S/C8H2S8/c9-1-2(10)4-6(16-8(12)14-4)5-3(1)13-7(11)15-5/h9-10H. The third-order valence-electron chi connectivity index (χ3n) is 2.01. The van der Waals surface area contributed by atoms with Crippen LogP contribution in [0.15, 0.2) is 9.79 Å². The molecule has 0 nitrogen and oxygen atoms in total. The number of thiol groups is 2. The normalized spacial score (nSPS) is 11.6. The largest absolute Gasteiger partial charge is 0.144 e. The molecule has 3 aromatic rings. The van der Waals surface area contributed by atoms with Gasteiger partial charge in [-0.25, -0.2) is 0 Å². The summed E-state index contributed by atoms with van der Waals surface area (Å²) >= 11 is 26.0. The molecule has 0 aliphatic rings. The summed E-state index contributed by atoms with van der Waals surface area (Å²) in [7, 11) is 0. The lowest BCUT2D eigenvalue weighted by Gasteiger charge is -2.00. The molecule has 2 heterocycles. The van der Waals surface area contributed by atoms with Gasteiger partial charge in [0.05, 0.1) is 18.8 Å². The molecule has 0 spiro atoms. The van der Waals surface area contributed by atoms with Crippen molar-refractivity contribution in [3.8, 4) is 0 Å². The fourth-order valence-corrected chi connectivity index (χ4v) is 7.86. The molecule has 0 N–H and O–H groups in total. The summed E-state index contributed by atoms with van der Waals surface area (Å²) in [5.74, 6) is 0. The van der Waals surface area contributed by atoms with Crippen molar-refractivity contribution in [1.29, 1.82) is 0 Å². The Morgan fingerprint density at radius 3 is 1.31 bits per heavy atom. The van der Waals surface area contributed by atoms with E-state index < -0.39 is 0 Å². The Morgan fingerprint density at radius 2 is 0.938 bits per heavy atom. The summed E-state index contributed by atoms with van der Waals surface area (Å²) < 4.78 is 6.56. The molecule has 1 aromatic carbocycles. The van der Waals surface area contributed by atoms with Crippen LogP contribution < -0.4 is 0 Å². The Hall–Kier alpha value is 0.980. The van der Waals surface area contributed by atoms with E-state index in [1.165, 1.54) is 9.40 Å². The van der Waals surface area contributed by atoms with Gasteiger partial charge in [0.15, 0.2) is 0 Å². The van der Waals surface area contributed by atoms with Gasteiger partial charge in [-0.3, -0.25) is 0 Å². The average Bonchev–Trinajstić information content (AvgIpc) is 2.78. The zero-order chi connectivity index (χ0) is 11.4. The molecule has 0 atom stereocenters. The van der Waals surface area contributed by atoms with E-state index in [9.17, 15) is 0 Å². The van der Waals surface area contributed by atoms with Gasteiger partial charge in [-0.1, -0.05) is 24.4 Å². The minimum absolute atomic E-state index is 0.923. The van der Waals surface area contributed by atoms with E-state index in [0.717, 1.165) is 25.5 Å². The monoisotopic (exact) mass is 354 g/mol. The highest BCUT2D eigenvalue weighted by Gasteiger charge is 2.14. The van der Waals surface area contributed by atoms with Crippen LogP contribution in [-0.4, -0.2) is 0 Å².